The van der Waals surface area contributed by atoms with E-state index >= 15 is 0 Å². The van der Waals surface area contributed by atoms with Gasteiger partial charge in [-0.1, -0.05) is 36.8 Å². The molecular weight excluding hydrogens is 320 g/mol. The van der Waals surface area contributed by atoms with Crippen LogP contribution in [-0.4, -0.2) is 29.1 Å². The van der Waals surface area contributed by atoms with Crippen molar-refractivity contribution in [1.82, 2.24) is 9.88 Å². The molecule has 0 radical (unpaired) electrons. The highest BCUT2D eigenvalue weighted by atomic mass is 32.1. The molecular formula is C19H26N2O2S. The Hall–Kier alpha value is -1.59. The first-order chi connectivity index (χ1) is 11.7. The van der Waals surface area contributed by atoms with E-state index in [-0.39, 0.29) is 4.87 Å². The number of rotatable bonds is 6. The van der Waals surface area contributed by atoms with Gasteiger partial charge in [0.25, 0.3) is 0 Å². The summed E-state index contributed by atoms with van der Waals surface area (Å²) >= 11 is 1.33. The van der Waals surface area contributed by atoms with Crippen LogP contribution < -0.4 is 9.61 Å². The smallest absolute Gasteiger partial charge is 0.305 e. The van der Waals surface area contributed by atoms with E-state index in [1.54, 1.807) is 0 Å². The largest absolute Gasteiger partial charge is 0.493 e. The minimum absolute atomic E-state index is 0.0105. The van der Waals surface area contributed by atoms with Crippen LogP contribution in [0.15, 0.2) is 29.1 Å². The van der Waals surface area contributed by atoms with E-state index in [4.69, 9.17) is 4.74 Å². The summed E-state index contributed by atoms with van der Waals surface area (Å²) in [5.74, 6) is 0.834. The van der Waals surface area contributed by atoms with Gasteiger partial charge in [-0.2, -0.15) is 0 Å². The molecule has 1 aromatic carbocycles. The van der Waals surface area contributed by atoms with E-state index in [2.05, 4.69) is 16.8 Å². The quantitative estimate of drug-likeness (QED) is 0.850. The normalized spacial score (nSPS) is 18.7. The number of aromatic nitrogens is 1. The summed E-state index contributed by atoms with van der Waals surface area (Å²) in [6, 6.07) is 8.59. The van der Waals surface area contributed by atoms with Crippen molar-refractivity contribution in [1.29, 1.82) is 0 Å². The molecule has 0 amide bonds. The highest BCUT2D eigenvalue weighted by Gasteiger charge is 2.23. The van der Waals surface area contributed by atoms with E-state index < -0.39 is 0 Å². The molecule has 1 N–H and O–H groups in total. The Morgan fingerprint density at radius 2 is 2.12 bits per heavy atom. The van der Waals surface area contributed by atoms with Crippen molar-refractivity contribution in [3.63, 3.8) is 0 Å². The van der Waals surface area contributed by atoms with E-state index in [9.17, 15) is 4.79 Å². The van der Waals surface area contributed by atoms with Crippen molar-refractivity contribution in [2.24, 2.45) is 0 Å². The lowest BCUT2D eigenvalue weighted by molar-refractivity contribution is 0.137. The van der Waals surface area contributed by atoms with Crippen LogP contribution in [0.5, 0.6) is 5.75 Å². The predicted octanol–water partition coefficient (Wildman–Crippen LogP) is 4.27. The molecule has 1 saturated heterocycles. The summed E-state index contributed by atoms with van der Waals surface area (Å²) in [6.07, 6.45) is 5.00. The Kier molecular flexibility index (Phi) is 5.74. The lowest BCUT2D eigenvalue weighted by Crippen LogP contribution is -2.38. The number of thiazole rings is 1. The summed E-state index contributed by atoms with van der Waals surface area (Å²) in [4.78, 5) is 18.8. The van der Waals surface area contributed by atoms with Crippen LogP contribution in [0.2, 0.25) is 0 Å². The molecule has 5 heteroatoms. The molecule has 0 bridgehead atoms. The summed E-state index contributed by atoms with van der Waals surface area (Å²) in [6.45, 7) is 6.82. The highest BCUT2D eigenvalue weighted by Crippen LogP contribution is 2.33. The molecule has 4 nitrogen and oxygen atoms in total. The number of hydrogen-bond donors (Lipinski definition) is 1. The van der Waals surface area contributed by atoms with Crippen LogP contribution >= 0.6 is 11.3 Å². The summed E-state index contributed by atoms with van der Waals surface area (Å²) in [5.41, 5.74) is 1.91. The number of hydrogen-bond acceptors (Lipinski definition) is 4. The predicted molar refractivity (Wildman–Crippen MR) is 99.9 cm³/mol. The SMILES string of the molecule is CCOc1ccccc1-c1[nH]c(=O)sc1CN1CCCCC1CC. The molecule has 1 aliphatic rings. The van der Waals surface area contributed by atoms with Crippen LogP contribution in [0.25, 0.3) is 11.3 Å². The first-order valence-electron chi connectivity index (χ1n) is 8.91. The van der Waals surface area contributed by atoms with Crippen molar-refractivity contribution in [2.45, 2.75) is 52.1 Å². The second kappa shape index (κ2) is 7.99. The number of nitrogens with zero attached hydrogens (tertiary/aromatic N) is 1. The van der Waals surface area contributed by atoms with Crippen molar-refractivity contribution >= 4 is 11.3 Å². The maximum atomic E-state index is 12.0. The van der Waals surface area contributed by atoms with Crippen LogP contribution in [0.4, 0.5) is 0 Å². The van der Waals surface area contributed by atoms with E-state index in [0.717, 1.165) is 35.0 Å². The fourth-order valence-corrected chi connectivity index (χ4v) is 4.43. The first kappa shape index (κ1) is 17.2. The number of likely N-dealkylation sites (tertiary alicyclic amines) is 1. The van der Waals surface area contributed by atoms with E-state index in [1.165, 1.54) is 37.0 Å². The Balaban J connectivity index is 1.92. The molecule has 0 spiro atoms. The van der Waals surface area contributed by atoms with Gasteiger partial charge in [-0.15, -0.1) is 0 Å². The lowest BCUT2D eigenvalue weighted by atomic mass is 9.99. The molecule has 1 atom stereocenters. The number of aromatic amines is 1. The fourth-order valence-electron chi connectivity index (χ4n) is 3.56. The van der Waals surface area contributed by atoms with Crippen molar-refractivity contribution in [2.75, 3.05) is 13.2 Å². The van der Waals surface area contributed by atoms with Gasteiger partial charge in [-0.25, -0.2) is 0 Å². The molecule has 1 aromatic heterocycles. The highest BCUT2D eigenvalue weighted by molar-refractivity contribution is 7.09. The van der Waals surface area contributed by atoms with Gasteiger partial charge in [-0.05, 0) is 44.9 Å². The zero-order chi connectivity index (χ0) is 16.9. The van der Waals surface area contributed by atoms with Gasteiger partial charge in [0.2, 0.25) is 0 Å². The van der Waals surface area contributed by atoms with Crippen molar-refractivity contribution < 1.29 is 4.74 Å². The molecule has 1 unspecified atom stereocenters. The molecule has 0 aliphatic carbocycles. The fraction of sp³-hybridized carbons (Fsp3) is 0.526. The van der Waals surface area contributed by atoms with Crippen LogP contribution in [0, 0.1) is 0 Å². The van der Waals surface area contributed by atoms with E-state index in [1.807, 2.05) is 31.2 Å². The third-order valence-corrected chi connectivity index (χ3v) is 5.61. The summed E-state index contributed by atoms with van der Waals surface area (Å²) in [5, 5.41) is 0. The average molecular weight is 346 g/mol. The van der Waals surface area contributed by atoms with Crippen LogP contribution in [0.3, 0.4) is 0 Å². The third-order valence-electron chi connectivity index (χ3n) is 4.75. The van der Waals surface area contributed by atoms with Gasteiger partial charge in [0.1, 0.15) is 5.75 Å². The Labute approximate surface area is 147 Å². The molecule has 2 heterocycles. The minimum atomic E-state index is 0.0105. The van der Waals surface area contributed by atoms with Crippen molar-refractivity contribution in [3.8, 4) is 17.0 Å². The number of para-hydroxylation sites is 1. The van der Waals surface area contributed by atoms with E-state index in [0.29, 0.717) is 12.6 Å². The van der Waals surface area contributed by atoms with Crippen molar-refractivity contribution in [3.05, 3.63) is 38.8 Å². The second-order valence-electron chi connectivity index (χ2n) is 6.27. The number of benzene rings is 1. The number of ether oxygens (including phenoxy) is 1. The van der Waals surface area contributed by atoms with Gasteiger partial charge in [0.15, 0.2) is 0 Å². The maximum absolute atomic E-state index is 12.0. The minimum Gasteiger partial charge on any atom is -0.493 e. The monoisotopic (exact) mass is 346 g/mol. The lowest BCUT2D eigenvalue weighted by Gasteiger charge is -2.35. The van der Waals surface area contributed by atoms with Gasteiger partial charge in [-0.3, -0.25) is 9.69 Å². The topological polar surface area (TPSA) is 45.3 Å². The first-order valence-corrected chi connectivity index (χ1v) is 9.72. The second-order valence-corrected chi connectivity index (χ2v) is 7.34. The Bertz CT molecular complexity index is 722. The van der Waals surface area contributed by atoms with Crippen LogP contribution in [-0.2, 0) is 6.54 Å². The standard InChI is InChI=1S/C19H26N2O2S/c1-3-14-9-7-8-12-21(14)13-17-18(20-19(22)24-17)15-10-5-6-11-16(15)23-4-2/h5-6,10-11,14H,3-4,7-9,12-13H2,1-2H3,(H,20,22). The Morgan fingerprint density at radius 3 is 2.92 bits per heavy atom. The zero-order valence-corrected chi connectivity index (χ0v) is 15.3. The number of piperidine rings is 1. The van der Waals surface area contributed by atoms with Gasteiger partial charge in [0, 0.05) is 23.0 Å². The molecule has 130 valence electrons. The molecule has 2 aromatic rings. The molecule has 3 rings (SSSR count). The van der Waals surface area contributed by atoms with Gasteiger partial charge in [0.05, 0.1) is 12.3 Å². The molecule has 1 aliphatic heterocycles. The maximum Gasteiger partial charge on any atom is 0.305 e. The third kappa shape index (κ3) is 3.73. The van der Waals surface area contributed by atoms with Crippen LogP contribution in [0.1, 0.15) is 44.4 Å². The molecule has 1 fully saturated rings. The van der Waals surface area contributed by atoms with Gasteiger partial charge < -0.3 is 9.72 Å². The number of H-pyrrole nitrogens is 1. The average Bonchev–Trinajstić information content (AvgIpc) is 2.96. The summed E-state index contributed by atoms with van der Waals surface area (Å²) in [7, 11) is 0. The van der Waals surface area contributed by atoms with Gasteiger partial charge >= 0.3 is 4.87 Å². The zero-order valence-electron chi connectivity index (χ0n) is 14.5. The number of nitrogens with one attached hydrogen (secondary N) is 1. The molecule has 0 saturated carbocycles. The Morgan fingerprint density at radius 1 is 1.29 bits per heavy atom. The summed E-state index contributed by atoms with van der Waals surface area (Å²) < 4.78 is 5.76. The molecule has 24 heavy (non-hydrogen) atoms.